The smallest absolute Gasteiger partial charge is 0.275 e. The summed E-state index contributed by atoms with van der Waals surface area (Å²) in [7, 11) is 1.68. The van der Waals surface area contributed by atoms with E-state index in [4.69, 9.17) is 11.6 Å². The van der Waals surface area contributed by atoms with Gasteiger partial charge in [0.05, 0.1) is 11.3 Å². The number of aryl methyl sites for hydroxylation is 1. The molecule has 0 bridgehead atoms. The van der Waals surface area contributed by atoms with Crippen LogP contribution in [0.1, 0.15) is 5.69 Å². The number of carbonyl (C=O) groups is 1. The number of carbonyl (C=O) groups excluding carboxylic acids is 1. The molecule has 1 amide bonds. The van der Waals surface area contributed by atoms with Gasteiger partial charge in [-0.2, -0.15) is 0 Å². The third-order valence-electron chi connectivity index (χ3n) is 3.50. The number of aromatic nitrogens is 3. The van der Waals surface area contributed by atoms with Crippen molar-refractivity contribution in [2.24, 2.45) is 0 Å². The number of aromatic amines is 2. The van der Waals surface area contributed by atoms with Crippen LogP contribution in [0.2, 0.25) is 5.02 Å². The Morgan fingerprint density at radius 1 is 1.33 bits per heavy atom. The number of anilines is 1. The van der Waals surface area contributed by atoms with E-state index in [2.05, 4.69) is 15.0 Å². The lowest BCUT2D eigenvalue weighted by atomic mass is 10.3. The molecule has 2 aromatic heterocycles. The third kappa shape index (κ3) is 3.47. The number of thioether (sulfide) groups is 1. The van der Waals surface area contributed by atoms with Crippen molar-refractivity contribution in [3.8, 4) is 0 Å². The van der Waals surface area contributed by atoms with E-state index in [1.807, 2.05) is 13.0 Å². The van der Waals surface area contributed by atoms with E-state index in [9.17, 15) is 9.59 Å². The van der Waals surface area contributed by atoms with E-state index in [0.717, 1.165) is 5.69 Å². The fourth-order valence-electron chi connectivity index (χ4n) is 2.26. The minimum absolute atomic E-state index is 0.115. The Hall–Kier alpha value is -2.25. The van der Waals surface area contributed by atoms with E-state index < -0.39 is 0 Å². The Morgan fingerprint density at radius 2 is 2.12 bits per heavy atom. The predicted molar refractivity (Wildman–Crippen MR) is 97.0 cm³/mol. The van der Waals surface area contributed by atoms with E-state index in [-0.39, 0.29) is 17.2 Å². The van der Waals surface area contributed by atoms with Crippen molar-refractivity contribution in [3.05, 3.63) is 51.4 Å². The lowest BCUT2D eigenvalue weighted by Crippen LogP contribution is -2.28. The van der Waals surface area contributed by atoms with Crippen LogP contribution in [0.4, 0.5) is 5.69 Å². The lowest BCUT2D eigenvalue weighted by Gasteiger charge is -2.17. The summed E-state index contributed by atoms with van der Waals surface area (Å²) >= 11 is 7.13. The van der Waals surface area contributed by atoms with Gasteiger partial charge in [0.15, 0.2) is 5.16 Å². The number of hydrogen-bond acceptors (Lipinski definition) is 4. The minimum atomic E-state index is -0.244. The van der Waals surface area contributed by atoms with E-state index in [1.165, 1.54) is 16.7 Å². The Balaban J connectivity index is 1.73. The van der Waals surface area contributed by atoms with Gasteiger partial charge in [-0.05, 0) is 31.2 Å². The second kappa shape index (κ2) is 6.70. The maximum atomic E-state index is 12.3. The summed E-state index contributed by atoms with van der Waals surface area (Å²) in [5.74, 6) is 0.0381. The number of nitrogens with zero attached hydrogens (tertiary/aromatic N) is 2. The fourth-order valence-corrected chi connectivity index (χ4v) is 3.22. The van der Waals surface area contributed by atoms with Gasteiger partial charge in [-0.1, -0.05) is 29.4 Å². The number of hydrogen-bond donors (Lipinski definition) is 2. The molecule has 8 heteroatoms. The Labute approximate surface area is 147 Å². The Kier molecular flexibility index (Phi) is 4.64. The van der Waals surface area contributed by atoms with E-state index in [1.54, 1.807) is 31.3 Å². The van der Waals surface area contributed by atoms with Gasteiger partial charge >= 0.3 is 0 Å². The molecule has 0 saturated heterocycles. The molecule has 2 heterocycles. The molecular weight excluding hydrogens is 348 g/mol. The summed E-state index contributed by atoms with van der Waals surface area (Å²) in [6.07, 6.45) is 0. The van der Waals surface area contributed by atoms with Crippen molar-refractivity contribution in [1.82, 2.24) is 15.0 Å². The van der Waals surface area contributed by atoms with Crippen molar-refractivity contribution in [2.45, 2.75) is 12.1 Å². The monoisotopic (exact) mass is 362 g/mol. The van der Waals surface area contributed by atoms with Crippen LogP contribution >= 0.6 is 23.4 Å². The molecule has 0 unspecified atom stereocenters. The van der Waals surface area contributed by atoms with Crippen LogP contribution in [-0.4, -0.2) is 33.7 Å². The van der Waals surface area contributed by atoms with Crippen molar-refractivity contribution < 1.29 is 4.79 Å². The molecule has 0 fully saturated rings. The lowest BCUT2D eigenvalue weighted by molar-refractivity contribution is -0.115. The number of amides is 1. The van der Waals surface area contributed by atoms with Crippen LogP contribution < -0.4 is 10.5 Å². The minimum Gasteiger partial charge on any atom is -0.353 e. The highest BCUT2D eigenvalue weighted by Crippen LogP contribution is 2.21. The molecule has 1 aromatic carbocycles. The highest BCUT2D eigenvalue weighted by Gasteiger charge is 2.13. The highest BCUT2D eigenvalue weighted by molar-refractivity contribution is 7.99. The van der Waals surface area contributed by atoms with Gasteiger partial charge in [0.1, 0.15) is 5.52 Å². The first kappa shape index (κ1) is 16.6. The first-order valence-corrected chi connectivity index (χ1v) is 8.55. The van der Waals surface area contributed by atoms with Crippen molar-refractivity contribution in [2.75, 3.05) is 17.7 Å². The molecule has 0 aliphatic rings. The Bertz CT molecular complexity index is 966. The first-order valence-electron chi connectivity index (χ1n) is 7.18. The fraction of sp³-hybridized carbons (Fsp3) is 0.188. The zero-order valence-corrected chi connectivity index (χ0v) is 14.7. The SMILES string of the molecule is Cc1cc2nc(SCC(=O)N(C)c3cccc(Cl)c3)[nH]c(=O)c2[nH]1. The standard InChI is InChI=1S/C16H15ClN4O2S/c1-9-6-12-14(18-9)15(23)20-16(19-12)24-8-13(22)21(2)11-5-3-4-10(17)7-11/h3-7,18H,8H2,1-2H3,(H,19,20,23). The summed E-state index contributed by atoms with van der Waals surface area (Å²) in [4.78, 5) is 35.8. The number of nitrogens with one attached hydrogen (secondary N) is 2. The molecule has 124 valence electrons. The predicted octanol–water partition coefficient (Wildman–Crippen LogP) is 2.97. The number of rotatable bonds is 4. The van der Waals surface area contributed by atoms with Gasteiger partial charge in [-0.3, -0.25) is 14.6 Å². The average Bonchev–Trinajstić information content (AvgIpc) is 2.93. The van der Waals surface area contributed by atoms with Gasteiger partial charge in [0.2, 0.25) is 5.91 Å². The number of fused-ring (bicyclic) bond motifs is 1. The van der Waals surface area contributed by atoms with Crippen molar-refractivity contribution >= 4 is 46.0 Å². The van der Waals surface area contributed by atoms with Gasteiger partial charge in [-0.25, -0.2) is 4.98 Å². The molecule has 2 N–H and O–H groups in total. The normalized spacial score (nSPS) is 11.0. The molecule has 0 aliphatic heterocycles. The topological polar surface area (TPSA) is 81.8 Å². The zero-order valence-electron chi connectivity index (χ0n) is 13.1. The van der Waals surface area contributed by atoms with E-state index in [0.29, 0.717) is 26.9 Å². The van der Waals surface area contributed by atoms with Gasteiger partial charge in [0, 0.05) is 23.5 Å². The van der Waals surface area contributed by atoms with Crippen LogP contribution in [0.5, 0.6) is 0 Å². The maximum Gasteiger partial charge on any atom is 0.275 e. The maximum absolute atomic E-state index is 12.3. The molecular formula is C16H15ClN4O2S. The average molecular weight is 363 g/mol. The molecule has 0 aliphatic carbocycles. The summed E-state index contributed by atoms with van der Waals surface area (Å²) < 4.78 is 0. The molecule has 3 rings (SSSR count). The summed E-state index contributed by atoms with van der Waals surface area (Å²) in [6, 6.07) is 8.87. The summed E-state index contributed by atoms with van der Waals surface area (Å²) in [6.45, 7) is 1.86. The summed E-state index contributed by atoms with van der Waals surface area (Å²) in [5, 5.41) is 0.985. The molecule has 0 spiro atoms. The molecule has 0 radical (unpaired) electrons. The second-order valence-corrected chi connectivity index (χ2v) is 6.71. The number of halogens is 1. The van der Waals surface area contributed by atoms with Crippen LogP contribution in [0.15, 0.2) is 40.3 Å². The molecule has 0 saturated carbocycles. The quantitative estimate of drug-likeness (QED) is 0.552. The second-order valence-electron chi connectivity index (χ2n) is 5.30. The first-order chi connectivity index (χ1) is 11.4. The molecule has 6 nitrogen and oxygen atoms in total. The highest BCUT2D eigenvalue weighted by atomic mass is 35.5. The molecule has 3 aromatic rings. The summed E-state index contributed by atoms with van der Waals surface area (Å²) in [5.41, 5.74) is 2.37. The largest absolute Gasteiger partial charge is 0.353 e. The van der Waals surface area contributed by atoms with Crippen molar-refractivity contribution in [1.29, 1.82) is 0 Å². The molecule has 0 atom stereocenters. The van der Waals surface area contributed by atoms with Gasteiger partial charge in [-0.15, -0.1) is 0 Å². The number of benzene rings is 1. The molecule has 24 heavy (non-hydrogen) atoms. The van der Waals surface area contributed by atoms with Gasteiger partial charge in [0.25, 0.3) is 5.56 Å². The van der Waals surface area contributed by atoms with Crippen LogP contribution in [0.3, 0.4) is 0 Å². The van der Waals surface area contributed by atoms with E-state index >= 15 is 0 Å². The van der Waals surface area contributed by atoms with Crippen LogP contribution in [0.25, 0.3) is 11.0 Å². The van der Waals surface area contributed by atoms with Crippen LogP contribution in [0, 0.1) is 6.92 Å². The van der Waals surface area contributed by atoms with Crippen molar-refractivity contribution in [3.63, 3.8) is 0 Å². The van der Waals surface area contributed by atoms with Crippen LogP contribution in [-0.2, 0) is 4.79 Å². The van der Waals surface area contributed by atoms with Gasteiger partial charge < -0.3 is 9.88 Å². The Morgan fingerprint density at radius 3 is 2.88 bits per heavy atom. The number of H-pyrrole nitrogens is 2. The third-order valence-corrected chi connectivity index (χ3v) is 4.60. The zero-order chi connectivity index (χ0) is 17.3.